The van der Waals surface area contributed by atoms with E-state index in [9.17, 15) is 4.79 Å². The summed E-state index contributed by atoms with van der Waals surface area (Å²) in [5.74, 6) is -0.132. The van der Waals surface area contributed by atoms with Crippen LogP contribution in [-0.4, -0.2) is 27.7 Å². The van der Waals surface area contributed by atoms with Gasteiger partial charge in [-0.05, 0) is 19.1 Å². The Morgan fingerprint density at radius 3 is 1.89 bits per heavy atom. The van der Waals surface area contributed by atoms with Gasteiger partial charge in [-0.1, -0.05) is 93.3 Å². The number of benzene rings is 1. The first-order chi connectivity index (χ1) is 12.3. The van der Waals surface area contributed by atoms with Crippen LogP contribution >= 0.6 is 81.2 Å². The normalized spacial score (nSPS) is 11.4. The maximum Gasteiger partial charge on any atom is 0.404 e. The highest BCUT2D eigenvalue weighted by Gasteiger charge is 2.34. The molecule has 1 heterocycles. The number of halogens is 7. The summed E-state index contributed by atoms with van der Waals surface area (Å²) in [7, 11) is 0. The molecule has 0 spiro atoms. The van der Waals surface area contributed by atoms with Gasteiger partial charge >= 0.3 is 6.09 Å². The minimum Gasteiger partial charge on any atom is -0.450 e. The predicted molar refractivity (Wildman–Crippen MR) is 110 cm³/mol. The summed E-state index contributed by atoms with van der Waals surface area (Å²) in [5.41, 5.74) is 5.11. The van der Waals surface area contributed by atoms with E-state index < -0.39 is 13.7 Å². The number of ether oxygens (including phenoxy) is 1. The van der Waals surface area contributed by atoms with E-state index in [1.54, 1.807) is 31.2 Å². The Balaban J connectivity index is 0.000000527. The molecule has 0 saturated carbocycles. The number of hydrogen-bond donors (Lipinski definition) is 1. The molecular weight excluding hydrogens is 504 g/mol. The van der Waals surface area contributed by atoms with Gasteiger partial charge in [0.25, 0.3) is 0 Å². The Kier molecular flexibility index (Phi) is 9.42. The molecule has 0 aliphatic rings. The fourth-order valence-corrected chi connectivity index (χ4v) is 2.23. The van der Waals surface area contributed by atoms with Crippen LogP contribution in [0.2, 0.25) is 5.02 Å². The summed E-state index contributed by atoms with van der Waals surface area (Å²) in [6, 6.07) is 6.75. The molecule has 1 amide bonds. The lowest BCUT2D eigenvalue weighted by Gasteiger charge is -2.15. The summed E-state index contributed by atoms with van der Waals surface area (Å²) in [6.45, 7) is 2.06. The van der Waals surface area contributed by atoms with Gasteiger partial charge in [-0.2, -0.15) is 0 Å². The summed E-state index contributed by atoms with van der Waals surface area (Å²) in [6.07, 6.45) is -0.711. The number of carbonyl (C=O) groups is 1. The molecule has 2 rings (SSSR count). The summed E-state index contributed by atoms with van der Waals surface area (Å²) < 4.78 is 0.405. The maximum atomic E-state index is 9.60. The topological polar surface area (TPSA) is 91.0 Å². The van der Waals surface area contributed by atoms with E-state index in [0.29, 0.717) is 17.2 Å². The van der Waals surface area contributed by atoms with Crippen molar-refractivity contribution in [2.75, 3.05) is 6.61 Å². The highest BCUT2D eigenvalue weighted by Crippen LogP contribution is 2.40. The number of nitrogens with two attached hydrogens (primary N) is 1. The number of hydrogen-bond acceptors (Lipinski definition) is 5. The monoisotopic (exact) mass is 512 g/mol. The van der Waals surface area contributed by atoms with E-state index in [0.717, 1.165) is 0 Å². The lowest BCUT2D eigenvalue weighted by atomic mass is 10.2. The van der Waals surface area contributed by atoms with Gasteiger partial charge in [0.05, 0.1) is 6.61 Å². The molecule has 0 bridgehead atoms. The SMILES string of the molecule is CCOC(N)=O.Clc1cccc(-c2nc(C(Cl)(Cl)Cl)nc(C(Cl)(Cl)Cl)n2)c1. The minimum absolute atomic E-state index is 0.154. The van der Waals surface area contributed by atoms with Gasteiger partial charge in [0, 0.05) is 10.6 Å². The lowest BCUT2D eigenvalue weighted by molar-refractivity contribution is 0.163. The predicted octanol–water partition coefficient (Wildman–Crippen LogP) is 5.95. The van der Waals surface area contributed by atoms with Crippen LogP contribution in [0.1, 0.15) is 18.6 Å². The van der Waals surface area contributed by atoms with Gasteiger partial charge in [0.1, 0.15) is 0 Å². The average Bonchev–Trinajstić information content (AvgIpc) is 2.53. The molecule has 13 heteroatoms. The van der Waals surface area contributed by atoms with Crippen molar-refractivity contribution in [2.45, 2.75) is 14.5 Å². The van der Waals surface area contributed by atoms with Gasteiger partial charge < -0.3 is 10.5 Å². The fraction of sp³-hybridized carbons (Fsp3) is 0.286. The zero-order valence-electron chi connectivity index (χ0n) is 13.4. The Morgan fingerprint density at radius 1 is 1.04 bits per heavy atom. The molecule has 0 saturated heterocycles. The van der Waals surface area contributed by atoms with E-state index >= 15 is 0 Å². The van der Waals surface area contributed by atoms with Crippen molar-refractivity contribution in [1.82, 2.24) is 15.0 Å². The first kappa shape index (κ1) is 24.6. The zero-order valence-corrected chi connectivity index (χ0v) is 18.7. The number of aromatic nitrogens is 3. The summed E-state index contributed by atoms with van der Waals surface area (Å²) >= 11 is 40.7. The van der Waals surface area contributed by atoms with E-state index in [4.69, 9.17) is 81.2 Å². The number of nitrogens with zero attached hydrogens (tertiary/aromatic N) is 3. The smallest absolute Gasteiger partial charge is 0.404 e. The maximum absolute atomic E-state index is 9.60. The first-order valence-corrected chi connectivity index (χ1v) is 9.57. The molecule has 1 aromatic heterocycles. The number of alkyl halides is 6. The van der Waals surface area contributed by atoms with Crippen molar-refractivity contribution in [1.29, 1.82) is 0 Å². The van der Waals surface area contributed by atoms with Gasteiger partial charge in [0.2, 0.25) is 7.59 Å². The van der Waals surface area contributed by atoms with E-state index in [-0.39, 0.29) is 17.5 Å². The minimum atomic E-state index is -1.89. The van der Waals surface area contributed by atoms with Crippen LogP contribution in [-0.2, 0) is 12.3 Å². The second-order valence-corrected chi connectivity index (χ2v) is 9.56. The Hall–Kier alpha value is -0.470. The number of amides is 1. The van der Waals surface area contributed by atoms with Crippen LogP contribution in [0.25, 0.3) is 11.4 Å². The van der Waals surface area contributed by atoms with Crippen LogP contribution in [0.15, 0.2) is 24.3 Å². The Bertz CT molecular complexity index is 762. The average molecular weight is 515 g/mol. The largest absolute Gasteiger partial charge is 0.450 e. The lowest BCUT2D eigenvalue weighted by Crippen LogP contribution is -2.16. The third kappa shape index (κ3) is 8.60. The summed E-state index contributed by atoms with van der Waals surface area (Å²) in [4.78, 5) is 21.6. The standard InChI is InChI=1S/C11H4Cl7N3.C3H7NO2/c12-6-3-1-2-5(4-6)7-19-8(10(13,14)15)21-9(20-7)11(16,17)18;1-2-6-3(4)5/h1-4H;2H2,1H3,(H2,4,5). The van der Waals surface area contributed by atoms with Gasteiger partial charge in [0.15, 0.2) is 17.5 Å². The van der Waals surface area contributed by atoms with Crippen LogP contribution in [0, 0.1) is 0 Å². The molecule has 148 valence electrons. The van der Waals surface area contributed by atoms with E-state index in [2.05, 4.69) is 25.4 Å². The van der Waals surface area contributed by atoms with Gasteiger partial charge in [-0.25, -0.2) is 19.7 Å². The molecule has 0 aliphatic carbocycles. The molecule has 0 aliphatic heterocycles. The molecule has 2 aromatic rings. The van der Waals surface area contributed by atoms with Crippen molar-refractivity contribution in [2.24, 2.45) is 5.73 Å². The molecule has 6 nitrogen and oxygen atoms in total. The van der Waals surface area contributed by atoms with Crippen molar-refractivity contribution < 1.29 is 9.53 Å². The molecule has 0 atom stereocenters. The Labute approximate surface area is 190 Å². The Morgan fingerprint density at radius 2 is 1.56 bits per heavy atom. The van der Waals surface area contributed by atoms with Crippen LogP contribution in [0.3, 0.4) is 0 Å². The molecule has 0 radical (unpaired) electrons. The first-order valence-electron chi connectivity index (χ1n) is 6.93. The molecule has 27 heavy (non-hydrogen) atoms. The van der Waals surface area contributed by atoms with Crippen molar-refractivity contribution in [3.05, 3.63) is 40.9 Å². The van der Waals surface area contributed by atoms with Gasteiger partial charge in [-0.3, -0.25) is 0 Å². The van der Waals surface area contributed by atoms with Crippen LogP contribution in [0.4, 0.5) is 4.79 Å². The molecular formula is C14H11Cl7N4O2. The number of rotatable bonds is 2. The zero-order chi connectivity index (χ0) is 20.8. The molecule has 0 fully saturated rings. The van der Waals surface area contributed by atoms with Crippen molar-refractivity contribution in [3.8, 4) is 11.4 Å². The molecule has 2 N–H and O–H groups in total. The molecule has 0 unspecified atom stereocenters. The summed E-state index contributed by atoms with van der Waals surface area (Å²) in [5, 5.41) is 0.485. The second-order valence-electron chi connectivity index (χ2n) is 4.56. The number of carbonyl (C=O) groups excluding carboxylic acids is 1. The van der Waals surface area contributed by atoms with Gasteiger partial charge in [-0.15, -0.1) is 0 Å². The van der Waals surface area contributed by atoms with Crippen LogP contribution < -0.4 is 5.73 Å². The van der Waals surface area contributed by atoms with Crippen LogP contribution in [0.5, 0.6) is 0 Å². The highest BCUT2D eigenvalue weighted by molar-refractivity contribution is 6.67. The highest BCUT2D eigenvalue weighted by atomic mass is 35.6. The number of primary amides is 1. The quantitative estimate of drug-likeness (QED) is 0.500. The fourth-order valence-electron chi connectivity index (χ4n) is 1.53. The van der Waals surface area contributed by atoms with E-state index in [1.165, 1.54) is 0 Å². The molecule has 1 aromatic carbocycles. The van der Waals surface area contributed by atoms with Crippen molar-refractivity contribution >= 4 is 87.3 Å². The third-order valence-electron chi connectivity index (χ3n) is 2.51. The van der Waals surface area contributed by atoms with Crippen molar-refractivity contribution in [3.63, 3.8) is 0 Å². The third-order valence-corrected chi connectivity index (χ3v) is 3.76. The van der Waals surface area contributed by atoms with E-state index in [1.807, 2.05) is 0 Å². The second kappa shape index (κ2) is 10.3.